The average Bonchev–Trinajstić information content (AvgIpc) is 3.02. The van der Waals surface area contributed by atoms with E-state index in [4.69, 9.17) is 5.11 Å². The van der Waals surface area contributed by atoms with Gasteiger partial charge in [0.2, 0.25) is 5.13 Å². The van der Waals surface area contributed by atoms with Crippen molar-refractivity contribution in [3.63, 3.8) is 0 Å². The molecule has 2 aliphatic rings. The predicted molar refractivity (Wildman–Crippen MR) is 68.9 cm³/mol. The summed E-state index contributed by atoms with van der Waals surface area (Å²) < 4.78 is 4.34. The average molecular weight is 267 g/mol. The lowest BCUT2D eigenvalue weighted by atomic mass is 9.66. The van der Waals surface area contributed by atoms with Crippen molar-refractivity contribution < 1.29 is 9.90 Å². The van der Waals surface area contributed by atoms with Crippen molar-refractivity contribution in [3.8, 4) is 0 Å². The Bertz CT molecular complexity index is 452. The highest BCUT2D eigenvalue weighted by Crippen LogP contribution is 2.44. The highest BCUT2D eigenvalue weighted by molar-refractivity contribution is 7.09. The molecule has 0 atom stereocenters. The summed E-state index contributed by atoms with van der Waals surface area (Å²) in [5.74, 6) is 0.837. The van der Waals surface area contributed by atoms with Gasteiger partial charge >= 0.3 is 5.97 Å². The minimum atomic E-state index is -0.701. The number of carboxylic acid groups (broad SMARTS) is 1. The van der Waals surface area contributed by atoms with Gasteiger partial charge in [0.05, 0.1) is 6.42 Å². The maximum Gasteiger partial charge on any atom is 0.303 e. The first-order valence-electron chi connectivity index (χ1n) is 6.46. The molecule has 1 aromatic heterocycles. The number of nitrogens with zero attached hydrogens (tertiary/aromatic N) is 2. The van der Waals surface area contributed by atoms with E-state index < -0.39 is 5.97 Å². The second-order valence-electron chi connectivity index (χ2n) is 5.51. The molecule has 1 heterocycles. The van der Waals surface area contributed by atoms with Crippen molar-refractivity contribution in [2.75, 3.05) is 11.9 Å². The fourth-order valence-corrected chi connectivity index (χ4v) is 3.13. The molecule has 3 rings (SSSR count). The monoisotopic (exact) mass is 267 g/mol. The minimum Gasteiger partial charge on any atom is -0.481 e. The van der Waals surface area contributed by atoms with Crippen LogP contribution in [0, 0.1) is 5.41 Å². The molecule has 6 heteroatoms. The summed E-state index contributed by atoms with van der Waals surface area (Å²) in [6.45, 7) is 0.707. The van der Waals surface area contributed by atoms with E-state index in [-0.39, 0.29) is 11.8 Å². The van der Waals surface area contributed by atoms with Gasteiger partial charge in [0.1, 0.15) is 5.82 Å². The van der Waals surface area contributed by atoms with Crippen LogP contribution in [0.2, 0.25) is 0 Å². The Hall–Kier alpha value is -1.17. The minimum absolute atomic E-state index is 0.0583. The summed E-state index contributed by atoms with van der Waals surface area (Å²) in [6, 6.07) is 0. The van der Waals surface area contributed by atoms with Crippen molar-refractivity contribution in [1.29, 1.82) is 0 Å². The molecule has 0 spiro atoms. The number of aliphatic carboxylic acids is 1. The normalized spacial score (nSPS) is 21.3. The maximum absolute atomic E-state index is 10.9. The SMILES string of the molecule is O=C(O)CC1(CNc2nc(C3CC3)ns2)CCC1. The van der Waals surface area contributed by atoms with Gasteiger partial charge in [-0.15, -0.1) is 0 Å². The molecule has 5 nitrogen and oxygen atoms in total. The Morgan fingerprint density at radius 3 is 2.83 bits per heavy atom. The Morgan fingerprint density at radius 2 is 2.28 bits per heavy atom. The molecular formula is C12H17N3O2S. The van der Waals surface area contributed by atoms with E-state index in [2.05, 4.69) is 14.7 Å². The Morgan fingerprint density at radius 1 is 1.50 bits per heavy atom. The lowest BCUT2D eigenvalue weighted by molar-refractivity contribution is -0.141. The molecular weight excluding hydrogens is 250 g/mol. The summed E-state index contributed by atoms with van der Waals surface area (Å²) >= 11 is 1.39. The fraction of sp³-hybridized carbons (Fsp3) is 0.750. The summed E-state index contributed by atoms with van der Waals surface area (Å²) in [5, 5.41) is 13.1. The van der Waals surface area contributed by atoms with Gasteiger partial charge in [-0.25, -0.2) is 4.98 Å². The van der Waals surface area contributed by atoms with Gasteiger partial charge in [-0.3, -0.25) is 4.79 Å². The van der Waals surface area contributed by atoms with Crippen molar-refractivity contribution in [3.05, 3.63) is 5.82 Å². The first kappa shape index (κ1) is 11.9. The number of anilines is 1. The first-order chi connectivity index (χ1) is 8.67. The van der Waals surface area contributed by atoms with Crippen LogP contribution in [0.15, 0.2) is 0 Å². The molecule has 2 saturated carbocycles. The fourth-order valence-electron chi connectivity index (χ4n) is 2.49. The summed E-state index contributed by atoms with van der Waals surface area (Å²) in [7, 11) is 0. The molecule has 2 N–H and O–H groups in total. The molecule has 98 valence electrons. The van der Waals surface area contributed by atoms with Crippen molar-refractivity contribution in [2.24, 2.45) is 5.41 Å². The number of hydrogen-bond acceptors (Lipinski definition) is 5. The van der Waals surface area contributed by atoms with Crippen molar-refractivity contribution in [2.45, 2.75) is 44.4 Å². The molecule has 0 unspecified atom stereocenters. The quantitative estimate of drug-likeness (QED) is 0.828. The van der Waals surface area contributed by atoms with Gasteiger partial charge in [0.25, 0.3) is 0 Å². The van der Waals surface area contributed by atoms with Crippen LogP contribution >= 0.6 is 11.5 Å². The molecule has 18 heavy (non-hydrogen) atoms. The Kier molecular flexibility index (Phi) is 2.97. The number of hydrogen-bond donors (Lipinski definition) is 2. The number of rotatable bonds is 6. The molecule has 0 saturated heterocycles. The maximum atomic E-state index is 10.9. The van der Waals surface area contributed by atoms with E-state index >= 15 is 0 Å². The van der Waals surface area contributed by atoms with Crippen molar-refractivity contribution in [1.82, 2.24) is 9.36 Å². The smallest absolute Gasteiger partial charge is 0.303 e. The van der Waals surface area contributed by atoms with Gasteiger partial charge in [-0.05, 0) is 31.1 Å². The molecule has 2 aliphatic carbocycles. The van der Waals surface area contributed by atoms with E-state index in [1.807, 2.05) is 0 Å². The van der Waals surface area contributed by atoms with Crippen LogP contribution < -0.4 is 5.32 Å². The van der Waals surface area contributed by atoms with E-state index in [9.17, 15) is 4.79 Å². The highest BCUT2D eigenvalue weighted by Gasteiger charge is 2.39. The number of nitrogens with one attached hydrogen (secondary N) is 1. The third kappa shape index (κ3) is 2.48. The first-order valence-corrected chi connectivity index (χ1v) is 7.24. The van der Waals surface area contributed by atoms with Crippen LogP contribution in [0.25, 0.3) is 0 Å². The highest BCUT2D eigenvalue weighted by atomic mass is 32.1. The Balaban J connectivity index is 1.56. The van der Waals surface area contributed by atoms with E-state index in [1.54, 1.807) is 0 Å². The van der Waals surface area contributed by atoms with Gasteiger partial charge in [-0.2, -0.15) is 4.37 Å². The zero-order valence-electron chi connectivity index (χ0n) is 10.2. The molecule has 0 amide bonds. The van der Waals surface area contributed by atoms with Gasteiger partial charge < -0.3 is 10.4 Å². The number of carboxylic acids is 1. The second-order valence-corrected chi connectivity index (χ2v) is 6.26. The topological polar surface area (TPSA) is 75.1 Å². The predicted octanol–water partition coefficient (Wildman–Crippen LogP) is 2.47. The third-order valence-electron chi connectivity index (χ3n) is 3.94. The zero-order chi connectivity index (χ0) is 12.6. The molecule has 1 aromatic rings. The molecule has 0 aromatic carbocycles. The number of aromatic nitrogens is 2. The van der Waals surface area contributed by atoms with Crippen LogP contribution in [-0.2, 0) is 4.79 Å². The standard InChI is InChI=1S/C12H17N3O2S/c16-9(17)6-12(4-1-5-12)7-13-11-14-10(15-18-11)8-2-3-8/h8H,1-7H2,(H,16,17)(H,13,14,15). The van der Waals surface area contributed by atoms with Gasteiger partial charge in [-0.1, -0.05) is 6.42 Å². The third-order valence-corrected chi connectivity index (χ3v) is 4.63. The van der Waals surface area contributed by atoms with Crippen LogP contribution in [-0.4, -0.2) is 27.0 Å². The van der Waals surface area contributed by atoms with Crippen LogP contribution in [0.5, 0.6) is 0 Å². The van der Waals surface area contributed by atoms with E-state index in [0.717, 1.165) is 30.2 Å². The van der Waals surface area contributed by atoms with Crippen molar-refractivity contribution >= 4 is 22.6 Å². The van der Waals surface area contributed by atoms with Crippen LogP contribution in [0.4, 0.5) is 5.13 Å². The Labute approximate surface area is 110 Å². The lowest BCUT2D eigenvalue weighted by Gasteiger charge is -2.40. The molecule has 0 aliphatic heterocycles. The summed E-state index contributed by atoms with van der Waals surface area (Å²) in [5.41, 5.74) is -0.0583. The second kappa shape index (κ2) is 4.50. The largest absolute Gasteiger partial charge is 0.481 e. The molecule has 0 radical (unpaired) electrons. The molecule has 2 fully saturated rings. The zero-order valence-corrected chi connectivity index (χ0v) is 11.0. The van der Waals surface area contributed by atoms with E-state index in [1.165, 1.54) is 24.4 Å². The van der Waals surface area contributed by atoms with Crippen LogP contribution in [0.1, 0.15) is 50.3 Å². The van der Waals surface area contributed by atoms with Gasteiger partial charge in [0.15, 0.2) is 0 Å². The van der Waals surface area contributed by atoms with Crippen LogP contribution in [0.3, 0.4) is 0 Å². The summed E-state index contributed by atoms with van der Waals surface area (Å²) in [4.78, 5) is 15.3. The van der Waals surface area contributed by atoms with Gasteiger partial charge in [0, 0.05) is 24.0 Å². The lowest BCUT2D eigenvalue weighted by Crippen LogP contribution is -2.38. The molecule has 0 bridgehead atoms. The number of carbonyl (C=O) groups is 1. The van der Waals surface area contributed by atoms with E-state index in [0.29, 0.717) is 12.5 Å². The summed E-state index contributed by atoms with van der Waals surface area (Å²) in [6.07, 6.45) is 5.81.